The molecule has 1 aromatic carbocycles. The maximum atomic E-state index is 11.9. The van der Waals surface area contributed by atoms with Crippen LogP contribution >= 0.6 is 0 Å². The average Bonchev–Trinajstić information content (AvgIpc) is 2.96. The minimum absolute atomic E-state index is 0.157. The SMILES string of the molecule is Cc1c(N2C(=O)CCC2=O)cc(N)cc1N1C(=O)CCC1=O. The molecule has 7 nitrogen and oxygen atoms in total. The fourth-order valence-electron chi connectivity index (χ4n) is 2.86. The van der Waals surface area contributed by atoms with Crippen molar-refractivity contribution in [3.05, 3.63) is 17.7 Å². The summed E-state index contributed by atoms with van der Waals surface area (Å²) >= 11 is 0. The molecule has 0 atom stereocenters. The molecule has 22 heavy (non-hydrogen) atoms. The topological polar surface area (TPSA) is 101 Å². The number of carbonyl (C=O) groups is 4. The van der Waals surface area contributed by atoms with E-state index in [4.69, 9.17) is 5.73 Å². The lowest BCUT2D eigenvalue weighted by Crippen LogP contribution is -2.32. The molecule has 2 heterocycles. The minimum atomic E-state index is -0.302. The Morgan fingerprint density at radius 2 is 1.09 bits per heavy atom. The van der Waals surface area contributed by atoms with E-state index in [2.05, 4.69) is 0 Å². The van der Waals surface area contributed by atoms with Gasteiger partial charge in [0.25, 0.3) is 0 Å². The van der Waals surface area contributed by atoms with E-state index in [1.807, 2.05) is 0 Å². The summed E-state index contributed by atoms with van der Waals surface area (Å²) in [5.74, 6) is -1.21. The van der Waals surface area contributed by atoms with Gasteiger partial charge in [-0.2, -0.15) is 0 Å². The number of imide groups is 2. The van der Waals surface area contributed by atoms with Crippen LogP contribution < -0.4 is 15.5 Å². The molecule has 0 saturated carbocycles. The molecule has 0 spiro atoms. The number of benzene rings is 1. The molecule has 0 unspecified atom stereocenters. The zero-order valence-corrected chi connectivity index (χ0v) is 12.1. The molecule has 0 radical (unpaired) electrons. The molecule has 0 aliphatic carbocycles. The zero-order chi connectivity index (χ0) is 16.0. The summed E-state index contributed by atoms with van der Waals surface area (Å²) in [7, 11) is 0. The molecule has 4 amide bonds. The van der Waals surface area contributed by atoms with E-state index in [1.165, 1.54) is 12.1 Å². The summed E-state index contributed by atoms with van der Waals surface area (Å²) in [5.41, 5.74) is 7.33. The van der Waals surface area contributed by atoms with Crippen molar-refractivity contribution in [2.75, 3.05) is 15.5 Å². The third kappa shape index (κ3) is 2.05. The fourth-order valence-corrected chi connectivity index (χ4v) is 2.86. The van der Waals surface area contributed by atoms with Gasteiger partial charge < -0.3 is 5.73 Å². The lowest BCUT2D eigenvalue weighted by molar-refractivity contribution is -0.122. The Morgan fingerprint density at radius 1 is 0.773 bits per heavy atom. The molecule has 2 aliphatic rings. The van der Waals surface area contributed by atoms with E-state index in [1.54, 1.807) is 6.92 Å². The molecular weight excluding hydrogens is 286 g/mol. The van der Waals surface area contributed by atoms with Crippen molar-refractivity contribution in [2.45, 2.75) is 32.6 Å². The van der Waals surface area contributed by atoms with Crippen LogP contribution in [0.3, 0.4) is 0 Å². The third-order valence-electron chi connectivity index (χ3n) is 3.96. The van der Waals surface area contributed by atoms with Crippen LogP contribution in [0.4, 0.5) is 17.1 Å². The van der Waals surface area contributed by atoms with Crippen molar-refractivity contribution in [2.24, 2.45) is 0 Å². The second-order valence-corrected chi connectivity index (χ2v) is 5.43. The lowest BCUT2D eigenvalue weighted by Gasteiger charge is -2.23. The van der Waals surface area contributed by atoms with Gasteiger partial charge in [-0.05, 0) is 24.6 Å². The van der Waals surface area contributed by atoms with E-state index in [0.717, 1.165) is 9.80 Å². The van der Waals surface area contributed by atoms with Crippen molar-refractivity contribution in [3.8, 4) is 0 Å². The zero-order valence-electron chi connectivity index (χ0n) is 12.1. The summed E-state index contributed by atoms with van der Waals surface area (Å²) in [6, 6.07) is 3.04. The van der Waals surface area contributed by atoms with Crippen LogP contribution in [-0.4, -0.2) is 23.6 Å². The van der Waals surface area contributed by atoms with Crippen LogP contribution in [0, 0.1) is 6.92 Å². The van der Waals surface area contributed by atoms with Crippen LogP contribution in [0.15, 0.2) is 12.1 Å². The molecule has 0 bridgehead atoms. The number of hydrogen-bond acceptors (Lipinski definition) is 5. The van der Waals surface area contributed by atoms with Crippen molar-refractivity contribution in [3.63, 3.8) is 0 Å². The third-order valence-corrected chi connectivity index (χ3v) is 3.96. The van der Waals surface area contributed by atoms with E-state index in [0.29, 0.717) is 16.9 Å². The Hall–Kier alpha value is -2.70. The standard InChI is InChI=1S/C15H15N3O4/c1-8-10(17-12(19)2-3-13(17)20)6-9(16)7-11(8)18-14(21)4-5-15(18)22/h6-7H,2-5,16H2,1H3. The number of hydrogen-bond donors (Lipinski definition) is 1. The van der Waals surface area contributed by atoms with Crippen LogP contribution in [0.2, 0.25) is 0 Å². The summed E-state index contributed by atoms with van der Waals surface area (Å²) in [5, 5.41) is 0. The first-order chi connectivity index (χ1) is 10.4. The molecule has 2 aliphatic heterocycles. The predicted octanol–water partition coefficient (Wildman–Crippen LogP) is 0.884. The number of anilines is 3. The molecule has 114 valence electrons. The first kappa shape index (κ1) is 14.2. The van der Waals surface area contributed by atoms with Crippen LogP contribution in [-0.2, 0) is 19.2 Å². The number of amides is 4. The Bertz CT molecular complexity index is 636. The van der Waals surface area contributed by atoms with Crippen molar-refractivity contribution >= 4 is 40.7 Å². The Morgan fingerprint density at radius 3 is 1.41 bits per heavy atom. The number of nitrogens with zero attached hydrogens (tertiary/aromatic N) is 2. The van der Waals surface area contributed by atoms with Crippen LogP contribution in [0.5, 0.6) is 0 Å². The maximum Gasteiger partial charge on any atom is 0.234 e. The van der Waals surface area contributed by atoms with Gasteiger partial charge in [0.2, 0.25) is 23.6 Å². The molecule has 1 aromatic rings. The molecule has 2 N–H and O–H groups in total. The van der Waals surface area contributed by atoms with Gasteiger partial charge in [0.15, 0.2) is 0 Å². The molecule has 7 heteroatoms. The van der Waals surface area contributed by atoms with Gasteiger partial charge in [0, 0.05) is 31.4 Å². The highest BCUT2D eigenvalue weighted by Crippen LogP contribution is 2.36. The smallest absolute Gasteiger partial charge is 0.234 e. The second-order valence-electron chi connectivity index (χ2n) is 5.43. The fraction of sp³-hybridized carbons (Fsp3) is 0.333. The molecule has 2 fully saturated rings. The molecule has 0 aromatic heterocycles. The van der Waals surface area contributed by atoms with E-state index in [-0.39, 0.29) is 55.0 Å². The summed E-state index contributed by atoms with van der Waals surface area (Å²) < 4.78 is 0. The Balaban J connectivity index is 2.14. The van der Waals surface area contributed by atoms with Gasteiger partial charge in [0.1, 0.15) is 0 Å². The largest absolute Gasteiger partial charge is 0.399 e. The quantitative estimate of drug-likeness (QED) is 0.645. The van der Waals surface area contributed by atoms with Gasteiger partial charge >= 0.3 is 0 Å². The highest BCUT2D eigenvalue weighted by Gasteiger charge is 2.35. The number of rotatable bonds is 2. The van der Waals surface area contributed by atoms with Gasteiger partial charge in [0.05, 0.1) is 11.4 Å². The molecule has 3 rings (SSSR count). The number of nitrogen functional groups attached to an aromatic ring is 1. The monoisotopic (exact) mass is 301 g/mol. The van der Waals surface area contributed by atoms with Crippen LogP contribution in [0.1, 0.15) is 31.2 Å². The van der Waals surface area contributed by atoms with E-state index in [9.17, 15) is 19.2 Å². The molecular formula is C15H15N3O4. The summed E-state index contributed by atoms with van der Waals surface area (Å²) in [6.07, 6.45) is 0.627. The summed E-state index contributed by atoms with van der Waals surface area (Å²) in [6.45, 7) is 1.67. The van der Waals surface area contributed by atoms with Crippen molar-refractivity contribution < 1.29 is 19.2 Å². The van der Waals surface area contributed by atoms with Crippen LogP contribution in [0.25, 0.3) is 0 Å². The Labute approximate surface area is 126 Å². The maximum absolute atomic E-state index is 11.9. The minimum Gasteiger partial charge on any atom is -0.399 e. The first-order valence-electron chi connectivity index (χ1n) is 7.02. The average molecular weight is 301 g/mol. The lowest BCUT2D eigenvalue weighted by atomic mass is 10.1. The highest BCUT2D eigenvalue weighted by molar-refractivity contribution is 6.23. The number of carbonyl (C=O) groups excluding carboxylic acids is 4. The van der Waals surface area contributed by atoms with E-state index < -0.39 is 0 Å². The van der Waals surface area contributed by atoms with Gasteiger partial charge in [-0.25, -0.2) is 0 Å². The normalized spacial score (nSPS) is 18.8. The second kappa shape index (κ2) is 4.94. The van der Waals surface area contributed by atoms with Crippen molar-refractivity contribution in [1.82, 2.24) is 0 Å². The number of nitrogens with two attached hydrogens (primary N) is 1. The summed E-state index contributed by atoms with van der Waals surface area (Å²) in [4.78, 5) is 49.9. The predicted molar refractivity (Wildman–Crippen MR) is 79.0 cm³/mol. The van der Waals surface area contributed by atoms with Gasteiger partial charge in [-0.1, -0.05) is 0 Å². The van der Waals surface area contributed by atoms with E-state index >= 15 is 0 Å². The Kier molecular flexibility index (Phi) is 3.20. The van der Waals surface area contributed by atoms with Crippen molar-refractivity contribution in [1.29, 1.82) is 0 Å². The highest BCUT2D eigenvalue weighted by atomic mass is 16.2. The van der Waals surface area contributed by atoms with Gasteiger partial charge in [-0.15, -0.1) is 0 Å². The van der Waals surface area contributed by atoms with Gasteiger partial charge in [-0.3, -0.25) is 29.0 Å². The molecule has 2 saturated heterocycles. The first-order valence-corrected chi connectivity index (χ1v) is 7.02.